The van der Waals surface area contributed by atoms with E-state index in [4.69, 9.17) is 4.74 Å². The van der Waals surface area contributed by atoms with Gasteiger partial charge in [0, 0.05) is 30.9 Å². The Morgan fingerprint density at radius 1 is 1.04 bits per heavy atom. The first kappa shape index (κ1) is 32.1. The summed E-state index contributed by atoms with van der Waals surface area (Å²) < 4.78 is 56.1. The van der Waals surface area contributed by atoms with Crippen molar-refractivity contribution < 1.29 is 27.8 Å². The molecule has 4 aromatic rings. The molecule has 47 heavy (non-hydrogen) atoms. The summed E-state index contributed by atoms with van der Waals surface area (Å²) in [5.74, 6) is -4.94. The number of aromatic nitrogens is 3. The molecule has 4 heterocycles. The number of carbonyl (C=O) groups excluding carboxylic acids is 1. The van der Waals surface area contributed by atoms with Crippen LogP contribution in [0.1, 0.15) is 64.3 Å². The van der Waals surface area contributed by atoms with Crippen molar-refractivity contribution in [2.75, 3.05) is 24.6 Å². The Bertz CT molecular complexity index is 1950. The standard InChI is InChI=1S/C35H36F3N5O4/c1-7-25(45)41-15-20-11-12-47-34-32(42(20)14-19(41)6)21-13-23(37)27(26-22(36)9-8-10-24(26)44)28(38)31(21)43(35(34)46)33-29(17(2)3)39-16-40-30(33)18(4)5/h7-10,13,16-20,44H,1,11-12,14-15H2,2-6H3. The van der Waals surface area contributed by atoms with Crippen LogP contribution in [0.2, 0.25) is 0 Å². The minimum Gasteiger partial charge on any atom is -0.507 e. The molecule has 2 aromatic heterocycles. The number of hydrogen-bond donors (Lipinski definition) is 1. The van der Waals surface area contributed by atoms with E-state index in [9.17, 15) is 14.7 Å². The number of phenolic OH excluding ortho intramolecular Hbond substituents is 1. The van der Waals surface area contributed by atoms with Crippen LogP contribution in [0.5, 0.6) is 11.5 Å². The number of amides is 1. The molecule has 12 heteroatoms. The molecule has 2 aliphatic heterocycles. The third-order valence-corrected chi connectivity index (χ3v) is 9.00. The van der Waals surface area contributed by atoms with Crippen LogP contribution >= 0.6 is 0 Å². The van der Waals surface area contributed by atoms with E-state index in [-0.39, 0.29) is 77.6 Å². The van der Waals surface area contributed by atoms with Gasteiger partial charge in [0.1, 0.15) is 23.7 Å². The van der Waals surface area contributed by atoms with Gasteiger partial charge in [0.25, 0.3) is 5.56 Å². The van der Waals surface area contributed by atoms with Crippen LogP contribution in [0, 0.1) is 17.5 Å². The second kappa shape index (κ2) is 12.1. The first-order chi connectivity index (χ1) is 22.4. The third kappa shape index (κ3) is 5.10. The molecule has 2 unspecified atom stereocenters. The number of fused-ring (bicyclic) bond motifs is 5. The summed E-state index contributed by atoms with van der Waals surface area (Å²) in [4.78, 5) is 40.0. The van der Waals surface area contributed by atoms with Gasteiger partial charge in [-0.1, -0.05) is 40.3 Å². The molecule has 0 bridgehead atoms. The van der Waals surface area contributed by atoms with Crippen molar-refractivity contribution in [2.24, 2.45) is 0 Å². The highest BCUT2D eigenvalue weighted by molar-refractivity contribution is 6.00. The molecule has 246 valence electrons. The second-order valence-corrected chi connectivity index (χ2v) is 12.7. The topological polar surface area (TPSA) is 101 Å². The molecule has 0 aliphatic carbocycles. The van der Waals surface area contributed by atoms with Gasteiger partial charge in [0.05, 0.1) is 52.1 Å². The summed E-state index contributed by atoms with van der Waals surface area (Å²) in [7, 11) is 0. The van der Waals surface area contributed by atoms with Gasteiger partial charge < -0.3 is 19.6 Å². The fraction of sp³-hybridized carbons (Fsp3) is 0.371. The van der Waals surface area contributed by atoms with Crippen LogP contribution in [0.4, 0.5) is 18.9 Å². The van der Waals surface area contributed by atoms with Crippen LogP contribution in [0.15, 0.2) is 48.0 Å². The fourth-order valence-electron chi connectivity index (χ4n) is 6.81. The Balaban J connectivity index is 1.79. The van der Waals surface area contributed by atoms with Crippen LogP contribution < -0.4 is 15.2 Å². The normalized spacial score (nSPS) is 17.8. The molecule has 1 amide bonds. The predicted octanol–water partition coefficient (Wildman–Crippen LogP) is 6.19. The molecule has 9 nitrogen and oxygen atoms in total. The molecule has 0 spiro atoms. The minimum atomic E-state index is -1.25. The number of aromatic hydroxyl groups is 1. The van der Waals surface area contributed by atoms with Gasteiger partial charge in [0.15, 0.2) is 5.82 Å². The average molecular weight is 648 g/mol. The van der Waals surface area contributed by atoms with Crippen molar-refractivity contribution in [3.05, 3.63) is 82.4 Å². The van der Waals surface area contributed by atoms with Crippen molar-refractivity contribution in [2.45, 2.75) is 65.0 Å². The zero-order valence-corrected chi connectivity index (χ0v) is 26.9. The van der Waals surface area contributed by atoms with Gasteiger partial charge in [-0.15, -0.1) is 0 Å². The maximum Gasteiger partial charge on any atom is 0.300 e. The predicted molar refractivity (Wildman–Crippen MR) is 173 cm³/mol. The van der Waals surface area contributed by atoms with Gasteiger partial charge in [-0.3, -0.25) is 14.2 Å². The number of halogens is 3. The van der Waals surface area contributed by atoms with E-state index in [1.165, 1.54) is 18.5 Å². The van der Waals surface area contributed by atoms with E-state index in [2.05, 4.69) is 16.5 Å². The number of phenols is 1. The van der Waals surface area contributed by atoms with Crippen molar-refractivity contribution in [1.82, 2.24) is 19.4 Å². The van der Waals surface area contributed by atoms with E-state index in [0.717, 1.165) is 22.8 Å². The van der Waals surface area contributed by atoms with Crippen LogP contribution in [0.3, 0.4) is 0 Å². The number of hydrogen-bond acceptors (Lipinski definition) is 7. The van der Waals surface area contributed by atoms with Gasteiger partial charge in [-0.2, -0.15) is 0 Å². The Labute approximate surface area is 269 Å². The number of nitrogens with zero attached hydrogens (tertiary/aromatic N) is 5. The molecule has 1 fully saturated rings. The van der Waals surface area contributed by atoms with E-state index < -0.39 is 39.9 Å². The zero-order valence-electron chi connectivity index (χ0n) is 26.9. The van der Waals surface area contributed by atoms with Gasteiger partial charge >= 0.3 is 0 Å². The van der Waals surface area contributed by atoms with Crippen molar-refractivity contribution in [1.29, 1.82) is 0 Å². The molecular formula is C35H36F3N5O4. The monoisotopic (exact) mass is 647 g/mol. The maximum absolute atomic E-state index is 17.3. The minimum absolute atomic E-state index is 0.00467. The molecular weight excluding hydrogens is 611 g/mol. The number of benzene rings is 2. The number of ether oxygens (including phenoxy) is 1. The van der Waals surface area contributed by atoms with E-state index in [1.807, 2.05) is 39.5 Å². The number of carbonyl (C=O) groups is 1. The number of anilines is 1. The summed E-state index contributed by atoms with van der Waals surface area (Å²) in [6.07, 6.45) is 3.04. The highest BCUT2D eigenvalue weighted by atomic mass is 19.1. The lowest BCUT2D eigenvalue weighted by Crippen LogP contribution is -2.59. The highest BCUT2D eigenvalue weighted by Gasteiger charge is 2.40. The van der Waals surface area contributed by atoms with E-state index in [0.29, 0.717) is 17.8 Å². The average Bonchev–Trinajstić information content (AvgIpc) is 3.21. The quantitative estimate of drug-likeness (QED) is 0.258. The van der Waals surface area contributed by atoms with Crippen LogP contribution in [-0.2, 0) is 4.79 Å². The summed E-state index contributed by atoms with van der Waals surface area (Å²) in [5, 5.41) is 10.6. The molecule has 0 radical (unpaired) electrons. The van der Waals surface area contributed by atoms with E-state index >= 15 is 13.2 Å². The Hall–Kier alpha value is -4.87. The summed E-state index contributed by atoms with van der Waals surface area (Å²) in [6, 6.07) is 3.71. The molecule has 2 aromatic carbocycles. The molecule has 2 aliphatic rings. The number of rotatable bonds is 5. The summed E-state index contributed by atoms with van der Waals surface area (Å²) >= 11 is 0. The smallest absolute Gasteiger partial charge is 0.300 e. The van der Waals surface area contributed by atoms with Crippen LogP contribution in [-0.4, -0.2) is 62.2 Å². The highest BCUT2D eigenvalue weighted by Crippen LogP contribution is 2.45. The lowest BCUT2D eigenvalue weighted by molar-refractivity contribution is -0.129. The Morgan fingerprint density at radius 2 is 1.72 bits per heavy atom. The lowest BCUT2D eigenvalue weighted by Gasteiger charge is -2.45. The summed E-state index contributed by atoms with van der Waals surface area (Å²) in [5.41, 5.74) is -1.26. The third-order valence-electron chi connectivity index (χ3n) is 9.00. The molecule has 6 rings (SSSR count). The zero-order chi connectivity index (χ0) is 33.9. The fourth-order valence-corrected chi connectivity index (χ4v) is 6.81. The SMILES string of the molecule is C=CC(=O)N1CC2CCOc3c(c4cc(F)c(-c5c(O)cccc5F)c(F)c4n(-c4c(C(C)C)ncnc4C(C)C)c3=O)N2CC1C. The lowest BCUT2D eigenvalue weighted by atomic mass is 9.96. The van der Waals surface area contributed by atoms with Gasteiger partial charge in [-0.05, 0) is 43.0 Å². The first-order valence-electron chi connectivity index (χ1n) is 15.6. The number of piperazine rings is 1. The largest absolute Gasteiger partial charge is 0.507 e. The molecule has 1 N–H and O–H groups in total. The van der Waals surface area contributed by atoms with E-state index in [1.54, 1.807) is 4.90 Å². The summed E-state index contributed by atoms with van der Waals surface area (Å²) in [6.45, 7) is 13.6. The molecule has 0 saturated carbocycles. The van der Waals surface area contributed by atoms with Crippen molar-refractivity contribution >= 4 is 22.5 Å². The Morgan fingerprint density at radius 3 is 2.34 bits per heavy atom. The van der Waals surface area contributed by atoms with Crippen molar-refractivity contribution in [3.8, 4) is 28.3 Å². The van der Waals surface area contributed by atoms with Crippen LogP contribution in [0.25, 0.3) is 27.7 Å². The second-order valence-electron chi connectivity index (χ2n) is 12.7. The Kier molecular flexibility index (Phi) is 8.23. The molecule has 1 saturated heterocycles. The number of pyridine rings is 1. The maximum atomic E-state index is 17.3. The molecule has 2 atom stereocenters. The van der Waals surface area contributed by atoms with Gasteiger partial charge in [0.2, 0.25) is 11.7 Å². The first-order valence-corrected chi connectivity index (χ1v) is 15.6. The van der Waals surface area contributed by atoms with Gasteiger partial charge in [-0.25, -0.2) is 23.1 Å². The van der Waals surface area contributed by atoms with Crippen molar-refractivity contribution in [3.63, 3.8) is 0 Å².